The molecule has 0 spiro atoms. The molecule has 1 atom stereocenters. The van der Waals surface area contributed by atoms with E-state index in [1.54, 1.807) is 0 Å². The van der Waals surface area contributed by atoms with E-state index in [9.17, 15) is 21.6 Å². The largest absolute Gasteiger partial charge is 0.416 e. The van der Waals surface area contributed by atoms with Crippen LogP contribution in [0, 0.1) is 5.92 Å². The van der Waals surface area contributed by atoms with Crippen LogP contribution in [0.4, 0.5) is 13.2 Å². The predicted octanol–water partition coefficient (Wildman–Crippen LogP) is 2.91. The summed E-state index contributed by atoms with van der Waals surface area (Å²) in [6.45, 7) is 0.115. The Balaban J connectivity index is 0.00000242. The second-order valence-corrected chi connectivity index (χ2v) is 7.60. The lowest BCUT2D eigenvalue weighted by atomic mass is 10.2. The number of rotatable bonds is 5. The van der Waals surface area contributed by atoms with Crippen molar-refractivity contribution in [2.45, 2.75) is 30.0 Å². The van der Waals surface area contributed by atoms with Crippen LogP contribution < -0.4 is 10.5 Å². The van der Waals surface area contributed by atoms with Gasteiger partial charge in [-0.2, -0.15) is 13.2 Å². The van der Waals surface area contributed by atoms with Crippen molar-refractivity contribution in [1.29, 1.82) is 0 Å². The van der Waals surface area contributed by atoms with Crippen LogP contribution in [0.5, 0.6) is 0 Å². The SMILES string of the molecule is Cl.NCC(NS(=O)(=O)c1cc(Br)cc(C(F)(F)F)c1)C1CC1. The summed E-state index contributed by atoms with van der Waals surface area (Å²) in [5.41, 5.74) is 4.49. The Hall–Kier alpha value is -0.350. The highest BCUT2D eigenvalue weighted by atomic mass is 79.9. The lowest BCUT2D eigenvalue weighted by Crippen LogP contribution is -2.41. The van der Waals surface area contributed by atoms with Crippen molar-refractivity contribution < 1.29 is 21.6 Å². The molecule has 1 aliphatic carbocycles. The minimum Gasteiger partial charge on any atom is -0.329 e. The number of halogens is 5. The maximum Gasteiger partial charge on any atom is 0.416 e. The molecule has 1 aromatic carbocycles. The van der Waals surface area contributed by atoms with Gasteiger partial charge in [-0.05, 0) is 37.0 Å². The predicted molar refractivity (Wildman–Crippen MR) is 82.3 cm³/mol. The van der Waals surface area contributed by atoms with E-state index in [0.29, 0.717) is 6.07 Å². The third kappa shape index (κ3) is 4.82. The standard InChI is InChI=1S/C12H14BrF3N2O2S.ClH/c13-9-3-8(12(14,15)16)4-10(5-9)21(19,20)18-11(6-17)7-1-2-7;/h3-5,7,11,18H,1-2,6,17H2;1H. The highest BCUT2D eigenvalue weighted by molar-refractivity contribution is 9.10. The maximum atomic E-state index is 12.7. The fraction of sp³-hybridized carbons (Fsp3) is 0.500. The number of hydrogen-bond donors (Lipinski definition) is 2. The molecule has 1 aliphatic rings. The lowest BCUT2D eigenvalue weighted by Gasteiger charge is -2.17. The molecule has 0 amide bonds. The molecule has 1 fully saturated rings. The molecule has 2 rings (SSSR count). The smallest absolute Gasteiger partial charge is 0.329 e. The third-order valence-electron chi connectivity index (χ3n) is 3.26. The van der Waals surface area contributed by atoms with E-state index in [-0.39, 0.29) is 29.3 Å². The van der Waals surface area contributed by atoms with E-state index < -0.39 is 32.7 Å². The highest BCUT2D eigenvalue weighted by Gasteiger charge is 2.35. The third-order valence-corrected chi connectivity index (χ3v) is 5.19. The van der Waals surface area contributed by atoms with Gasteiger partial charge in [0.1, 0.15) is 0 Å². The molecule has 4 nitrogen and oxygen atoms in total. The minimum atomic E-state index is -4.61. The van der Waals surface area contributed by atoms with E-state index >= 15 is 0 Å². The molecular weight excluding hydrogens is 409 g/mol. The highest BCUT2D eigenvalue weighted by Crippen LogP contribution is 2.35. The normalized spacial score (nSPS) is 17.0. The minimum absolute atomic E-state index is 0. The second-order valence-electron chi connectivity index (χ2n) is 4.97. The summed E-state index contributed by atoms with van der Waals surface area (Å²) in [5.74, 6) is 0.166. The van der Waals surface area contributed by atoms with Crippen LogP contribution in [0.2, 0.25) is 0 Å². The summed E-state index contributed by atoms with van der Waals surface area (Å²) in [6.07, 6.45) is -2.87. The summed E-state index contributed by atoms with van der Waals surface area (Å²) in [5, 5.41) is 0. The first-order chi connectivity index (χ1) is 9.63. The van der Waals surface area contributed by atoms with Crippen LogP contribution in [0.15, 0.2) is 27.6 Å². The first-order valence-electron chi connectivity index (χ1n) is 6.23. The molecule has 10 heteroatoms. The zero-order valence-electron chi connectivity index (χ0n) is 11.2. The summed E-state index contributed by atoms with van der Waals surface area (Å²) < 4.78 is 65.1. The van der Waals surface area contributed by atoms with Crippen molar-refractivity contribution in [3.8, 4) is 0 Å². The Morgan fingerprint density at radius 3 is 2.36 bits per heavy atom. The second kappa shape index (κ2) is 7.04. The number of alkyl halides is 3. The molecule has 1 saturated carbocycles. The van der Waals surface area contributed by atoms with Gasteiger partial charge < -0.3 is 5.73 Å². The zero-order chi connectivity index (χ0) is 15.8. The van der Waals surface area contributed by atoms with Gasteiger partial charge in [0.25, 0.3) is 0 Å². The van der Waals surface area contributed by atoms with Crippen molar-refractivity contribution in [2.75, 3.05) is 6.54 Å². The quantitative estimate of drug-likeness (QED) is 0.765. The van der Waals surface area contributed by atoms with Crippen LogP contribution in [-0.4, -0.2) is 21.0 Å². The Morgan fingerprint density at radius 1 is 1.32 bits per heavy atom. The Labute approximate surface area is 141 Å². The van der Waals surface area contributed by atoms with Gasteiger partial charge in [0.05, 0.1) is 10.5 Å². The average molecular weight is 424 g/mol. The van der Waals surface area contributed by atoms with Gasteiger partial charge in [0, 0.05) is 17.1 Å². The van der Waals surface area contributed by atoms with E-state index in [1.807, 2.05) is 0 Å². The van der Waals surface area contributed by atoms with E-state index in [1.165, 1.54) is 0 Å². The van der Waals surface area contributed by atoms with Gasteiger partial charge in [-0.1, -0.05) is 15.9 Å². The van der Waals surface area contributed by atoms with Crippen LogP contribution in [0.3, 0.4) is 0 Å². The molecular formula is C12H15BrClF3N2O2S. The van der Waals surface area contributed by atoms with Gasteiger partial charge in [0.15, 0.2) is 0 Å². The molecule has 0 saturated heterocycles. The van der Waals surface area contributed by atoms with Crippen LogP contribution in [-0.2, 0) is 16.2 Å². The maximum absolute atomic E-state index is 12.7. The molecule has 1 aromatic rings. The monoisotopic (exact) mass is 422 g/mol. The van der Waals surface area contributed by atoms with Crippen LogP contribution >= 0.6 is 28.3 Å². The lowest BCUT2D eigenvalue weighted by molar-refractivity contribution is -0.137. The molecule has 0 aliphatic heterocycles. The molecule has 126 valence electrons. The molecule has 3 N–H and O–H groups in total. The van der Waals surface area contributed by atoms with Crippen molar-refractivity contribution in [2.24, 2.45) is 11.7 Å². The molecule has 0 heterocycles. The number of nitrogens with two attached hydrogens (primary N) is 1. The van der Waals surface area contributed by atoms with Crippen molar-refractivity contribution in [1.82, 2.24) is 4.72 Å². The number of nitrogens with one attached hydrogen (secondary N) is 1. The summed E-state index contributed by atoms with van der Waals surface area (Å²) >= 11 is 2.91. The van der Waals surface area contributed by atoms with Crippen molar-refractivity contribution in [3.63, 3.8) is 0 Å². The van der Waals surface area contributed by atoms with E-state index in [2.05, 4.69) is 20.7 Å². The molecule has 1 unspecified atom stereocenters. The topological polar surface area (TPSA) is 72.2 Å². The van der Waals surface area contributed by atoms with Gasteiger partial charge in [0.2, 0.25) is 10.0 Å². The van der Waals surface area contributed by atoms with Crippen molar-refractivity contribution in [3.05, 3.63) is 28.2 Å². The van der Waals surface area contributed by atoms with Gasteiger partial charge in [-0.25, -0.2) is 13.1 Å². The van der Waals surface area contributed by atoms with Gasteiger partial charge in [-0.3, -0.25) is 0 Å². The molecule has 0 radical (unpaired) electrons. The fourth-order valence-corrected chi connectivity index (χ4v) is 4.02. The van der Waals surface area contributed by atoms with E-state index in [0.717, 1.165) is 25.0 Å². The van der Waals surface area contributed by atoms with Gasteiger partial charge in [-0.15, -0.1) is 12.4 Å². The average Bonchev–Trinajstić information content (AvgIpc) is 3.18. The first-order valence-corrected chi connectivity index (χ1v) is 8.51. The summed E-state index contributed by atoms with van der Waals surface area (Å²) in [7, 11) is -4.04. The first kappa shape index (κ1) is 19.7. The number of hydrogen-bond acceptors (Lipinski definition) is 3. The zero-order valence-corrected chi connectivity index (χ0v) is 14.4. The van der Waals surface area contributed by atoms with E-state index in [4.69, 9.17) is 5.73 Å². The number of benzene rings is 1. The fourth-order valence-electron chi connectivity index (χ4n) is 1.98. The van der Waals surface area contributed by atoms with Gasteiger partial charge >= 0.3 is 6.18 Å². The van der Waals surface area contributed by atoms with Crippen LogP contribution in [0.25, 0.3) is 0 Å². The number of sulfonamides is 1. The Kier molecular flexibility index (Phi) is 6.30. The molecule has 22 heavy (non-hydrogen) atoms. The summed E-state index contributed by atoms with van der Waals surface area (Å²) in [6, 6.07) is 2.15. The molecule has 0 aromatic heterocycles. The van der Waals surface area contributed by atoms with Crippen molar-refractivity contribution >= 4 is 38.4 Å². The Bertz CT molecular complexity index is 636. The Morgan fingerprint density at radius 2 is 1.91 bits per heavy atom. The summed E-state index contributed by atoms with van der Waals surface area (Å²) in [4.78, 5) is -0.427. The molecule has 0 bridgehead atoms. The van der Waals surface area contributed by atoms with Crippen LogP contribution in [0.1, 0.15) is 18.4 Å².